The van der Waals surface area contributed by atoms with Gasteiger partial charge in [-0.2, -0.15) is 0 Å². The zero-order valence-electron chi connectivity index (χ0n) is 10.4. The molecule has 1 N–H and O–H groups in total. The van der Waals surface area contributed by atoms with E-state index in [0.717, 1.165) is 47.2 Å². The van der Waals surface area contributed by atoms with Crippen LogP contribution in [0.5, 0.6) is 5.75 Å². The Hall–Kier alpha value is -0.580. The molecule has 0 bridgehead atoms. The van der Waals surface area contributed by atoms with Crippen LogP contribution in [0, 0.1) is 0 Å². The molecule has 1 heterocycles. The quantitative estimate of drug-likeness (QED) is 0.924. The van der Waals surface area contributed by atoms with Gasteiger partial charge in [0.15, 0.2) is 0 Å². The van der Waals surface area contributed by atoms with Crippen LogP contribution >= 0.6 is 11.6 Å². The van der Waals surface area contributed by atoms with Gasteiger partial charge in [0.1, 0.15) is 5.75 Å². The van der Waals surface area contributed by atoms with Crippen molar-refractivity contribution >= 4 is 22.4 Å². The van der Waals surface area contributed by atoms with Gasteiger partial charge in [0.2, 0.25) is 0 Å². The molecule has 1 saturated heterocycles. The van der Waals surface area contributed by atoms with Crippen LogP contribution in [0.1, 0.15) is 18.4 Å². The van der Waals surface area contributed by atoms with E-state index < -0.39 is 10.8 Å². The van der Waals surface area contributed by atoms with Gasteiger partial charge in [-0.3, -0.25) is 4.21 Å². The molecule has 1 fully saturated rings. The minimum absolute atomic E-state index is 0.450. The topological polar surface area (TPSA) is 38.3 Å². The largest absolute Gasteiger partial charge is 0.496 e. The van der Waals surface area contributed by atoms with Crippen molar-refractivity contribution in [1.82, 2.24) is 5.32 Å². The first-order chi connectivity index (χ1) is 8.69. The van der Waals surface area contributed by atoms with Crippen molar-refractivity contribution in [3.8, 4) is 5.75 Å². The molecule has 0 aliphatic carbocycles. The maximum Gasteiger partial charge on any atom is 0.123 e. The van der Waals surface area contributed by atoms with Crippen LogP contribution in [-0.4, -0.2) is 28.9 Å². The SMILES string of the molecule is COc1ccc(Cl)cc1CNC1CCS(=O)CC1. The number of rotatable bonds is 4. The maximum atomic E-state index is 11.3. The second-order valence-corrected chi connectivity index (χ2v) is 6.59. The highest BCUT2D eigenvalue weighted by Crippen LogP contribution is 2.23. The Morgan fingerprint density at radius 2 is 2.17 bits per heavy atom. The number of ether oxygens (including phenoxy) is 1. The Balaban J connectivity index is 1.93. The van der Waals surface area contributed by atoms with E-state index in [1.807, 2.05) is 18.2 Å². The average molecular weight is 288 g/mol. The van der Waals surface area contributed by atoms with Crippen LogP contribution in [0.3, 0.4) is 0 Å². The number of hydrogen-bond acceptors (Lipinski definition) is 3. The van der Waals surface area contributed by atoms with Crippen LogP contribution in [0.25, 0.3) is 0 Å². The number of methoxy groups -OCH3 is 1. The molecule has 18 heavy (non-hydrogen) atoms. The normalized spacial score (nSPS) is 23.9. The highest BCUT2D eigenvalue weighted by atomic mass is 35.5. The second-order valence-electron chi connectivity index (χ2n) is 4.46. The molecular formula is C13H18ClNO2S. The lowest BCUT2D eigenvalue weighted by Crippen LogP contribution is -2.35. The smallest absolute Gasteiger partial charge is 0.123 e. The van der Waals surface area contributed by atoms with Gasteiger partial charge in [0.05, 0.1) is 7.11 Å². The number of benzene rings is 1. The van der Waals surface area contributed by atoms with Crippen LogP contribution in [0.2, 0.25) is 5.02 Å². The summed E-state index contributed by atoms with van der Waals surface area (Å²) in [5, 5.41) is 4.21. The molecule has 1 aliphatic rings. The van der Waals surface area contributed by atoms with Crippen LogP contribution in [0.4, 0.5) is 0 Å². The lowest BCUT2D eigenvalue weighted by Gasteiger charge is -2.23. The Morgan fingerprint density at radius 1 is 1.44 bits per heavy atom. The van der Waals surface area contributed by atoms with Crippen molar-refractivity contribution in [2.24, 2.45) is 0 Å². The molecule has 0 aromatic heterocycles. The molecule has 0 spiro atoms. The summed E-state index contributed by atoms with van der Waals surface area (Å²) in [6.07, 6.45) is 1.96. The van der Waals surface area contributed by atoms with Crippen molar-refractivity contribution in [2.45, 2.75) is 25.4 Å². The molecule has 0 atom stereocenters. The third kappa shape index (κ3) is 3.70. The highest BCUT2D eigenvalue weighted by molar-refractivity contribution is 7.85. The van der Waals surface area contributed by atoms with E-state index in [0.29, 0.717) is 6.04 Å². The van der Waals surface area contributed by atoms with Gasteiger partial charge in [-0.1, -0.05) is 11.6 Å². The van der Waals surface area contributed by atoms with Crippen LogP contribution in [-0.2, 0) is 17.3 Å². The molecular weight excluding hydrogens is 270 g/mol. The van der Waals surface area contributed by atoms with Crippen molar-refractivity contribution in [2.75, 3.05) is 18.6 Å². The summed E-state index contributed by atoms with van der Waals surface area (Å²) < 4.78 is 16.6. The molecule has 1 aromatic rings. The maximum absolute atomic E-state index is 11.3. The summed E-state index contributed by atoms with van der Waals surface area (Å²) in [5.74, 6) is 2.47. The number of nitrogens with one attached hydrogen (secondary N) is 1. The number of halogens is 1. The summed E-state index contributed by atoms with van der Waals surface area (Å²) in [5.41, 5.74) is 1.07. The Kier molecular flexibility index (Phi) is 5.03. The van der Waals surface area contributed by atoms with E-state index >= 15 is 0 Å². The first-order valence-corrected chi connectivity index (χ1v) is 7.96. The minimum Gasteiger partial charge on any atom is -0.496 e. The lowest BCUT2D eigenvalue weighted by molar-refractivity contribution is 0.402. The monoisotopic (exact) mass is 287 g/mol. The summed E-state index contributed by atoms with van der Waals surface area (Å²) in [6, 6.07) is 6.09. The van der Waals surface area contributed by atoms with E-state index in [1.54, 1.807) is 7.11 Å². The zero-order valence-corrected chi connectivity index (χ0v) is 12.0. The van der Waals surface area contributed by atoms with E-state index in [9.17, 15) is 4.21 Å². The van der Waals surface area contributed by atoms with Gasteiger partial charge in [-0.05, 0) is 31.0 Å². The second kappa shape index (κ2) is 6.55. The van der Waals surface area contributed by atoms with E-state index in [4.69, 9.17) is 16.3 Å². The predicted molar refractivity (Wildman–Crippen MR) is 75.7 cm³/mol. The van der Waals surface area contributed by atoms with Crippen molar-refractivity contribution in [3.05, 3.63) is 28.8 Å². The lowest BCUT2D eigenvalue weighted by atomic mass is 10.1. The van der Waals surface area contributed by atoms with Gasteiger partial charge in [-0.15, -0.1) is 0 Å². The van der Waals surface area contributed by atoms with Gasteiger partial charge in [-0.25, -0.2) is 0 Å². The van der Waals surface area contributed by atoms with Crippen molar-refractivity contribution in [3.63, 3.8) is 0 Å². The van der Waals surface area contributed by atoms with E-state index in [2.05, 4.69) is 5.32 Å². The molecule has 3 nitrogen and oxygen atoms in total. The zero-order chi connectivity index (χ0) is 13.0. The van der Waals surface area contributed by atoms with Crippen LogP contribution in [0.15, 0.2) is 18.2 Å². The van der Waals surface area contributed by atoms with Gasteiger partial charge >= 0.3 is 0 Å². The average Bonchev–Trinajstić information content (AvgIpc) is 2.38. The fraction of sp³-hybridized carbons (Fsp3) is 0.538. The molecule has 0 amide bonds. The molecule has 0 unspecified atom stereocenters. The Bertz CT molecular complexity index is 429. The third-order valence-corrected chi connectivity index (χ3v) is 4.83. The number of hydrogen-bond donors (Lipinski definition) is 1. The molecule has 1 aromatic carbocycles. The molecule has 1 aliphatic heterocycles. The summed E-state index contributed by atoms with van der Waals surface area (Å²) in [4.78, 5) is 0. The Morgan fingerprint density at radius 3 is 2.83 bits per heavy atom. The van der Waals surface area contributed by atoms with Crippen LogP contribution < -0.4 is 10.1 Å². The standard InChI is InChI=1S/C13H18ClNO2S/c1-17-13-3-2-11(14)8-10(13)9-15-12-4-6-18(16)7-5-12/h2-3,8,12,15H,4-7,9H2,1H3. The van der Waals surface area contributed by atoms with Gasteiger partial charge in [0, 0.05) is 45.5 Å². The first kappa shape index (κ1) is 13.8. The summed E-state index contributed by atoms with van der Waals surface area (Å²) >= 11 is 5.99. The first-order valence-electron chi connectivity index (χ1n) is 6.10. The minimum atomic E-state index is -0.604. The van der Waals surface area contributed by atoms with Gasteiger partial charge in [0.25, 0.3) is 0 Å². The summed E-state index contributed by atoms with van der Waals surface area (Å²) in [6.45, 7) is 0.737. The van der Waals surface area contributed by atoms with Gasteiger partial charge < -0.3 is 10.1 Å². The Labute approximate surface area is 115 Å². The summed E-state index contributed by atoms with van der Waals surface area (Å²) in [7, 11) is 1.06. The van der Waals surface area contributed by atoms with E-state index in [1.165, 1.54) is 0 Å². The van der Waals surface area contributed by atoms with Crippen molar-refractivity contribution in [1.29, 1.82) is 0 Å². The molecule has 5 heteroatoms. The molecule has 0 radical (unpaired) electrons. The van der Waals surface area contributed by atoms with Crippen molar-refractivity contribution < 1.29 is 8.95 Å². The third-order valence-electron chi connectivity index (χ3n) is 3.21. The fourth-order valence-electron chi connectivity index (χ4n) is 2.14. The molecule has 2 rings (SSSR count). The predicted octanol–water partition coefficient (Wildman–Crippen LogP) is 2.35. The molecule has 100 valence electrons. The van der Waals surface area contributed by atoms with E-state index in [-0.39, 0.29) is 0 Å². The highest BCUT2D eigenvalue weighted by Gasteiger charge is 2.17. The molecule has 0 saturated carbocycles. The fourth-order valence-corrected chi connectivity index (χ4v) is 3.63.